The Morgan fingerprint density at radius 1 is 0.946 bits per heavy atom. The maximum Gasteiger partial charge on any atom is 0.241 e. The van der Waals surface area contributed by atoms with E-state index in [-0.39, 0.29) is 11.8 Å². The average molecular weight is 544 g/mol. The van der Waals surface area contributed by atoms with Gasteiger partial charge in [0.15, 0.2) is 0 Å². The molecule has 3 aromatic rings. The van der Waals surface area contributed by atoms with Crippen LogP contribution in [0.5, 0.6) is 0 Å². The van der Waals surface area contributed by atoms with E-state index in [1.54, 1.807) is 18.2 Å². The molecule has 2 aromatic carbocycles. The summed E-state index contributed by atoms with van der Waals surface area (Å²) in [5.74, 6) is 1.11. The quantitative estimate of drug-likeness (QED) is 0.450. The van der Waals surface area contributed by atoms with E-state index in [9.17, 15) is 4.79 Å². The third-order valence-electron chi connectivity index (χ3n) is 6.96. The van der Waals surface area contributed by atoms with Gasteiger partial charge in [-0.2, -0.15) is 4.98 Å². The molecule has 10 heteroatoms. The molecule has 2 aliphatic heterocycles. The van der Waals surface area contributed by atoms with Gasteiger partial charge in [0.1, 0.15) is 0 Å². The highest BCUT2D eigenvalue weighted by atomic mass is 35.5. The number of hydrogen-bond donors (Lipinski definition) is 1. The van der Waals surface area contributed by atoms with E-state index < -0.39 is 0 Å². The average Bonchev–Trinajstić information content (AvgIpc) is 3.37. The number of hydrogen-bond acceptors (Lipinski definition) is 7. The minimum Gasteiger partial charge on any atom is -0.379 e. The fourth-order valence-corrected chi connectivity index (χ4v) is 5.25. The Morgan fingerprint density at radius 2 is 1.65 bits per heavy atom. The molecule has 0 spiro atoms. The van der Waals surface area contributed by atoms with Gasteiger partial charge in [0.05, 0.1) is 24.8 Å². The zero-order chi connectivity index (χ0) is 25.6. The fourth-order valence-electron chi connectivity index (χ4n) is 4.76. The molecule has 1 amide bonds. The third-order valence-corrected chi connectivity index (χ3v) is 7.50. The highest BCUT2D eigenvalue weighted by molar-refractivity contribution is 6.36. The normalized spacial score (nSPS) is 17.7. The first kappa shape index (κ1) is 26.1. The lowest BCUT2D eigenvalue weighted by Gasteiger charge is -2.30. The van der Waals surface area contributed by atoms with Crippen LogP contribution in [0.1, 0.15) is 29.9 Å². The van der Waals surface area contributed by atoms with Crippen LogP contribution in [0.2, 0.25) is 10.0 Å². The third kappa shape index (κ3) is 7.09. The smallest absolute Gasteiger partial charge is 0.241 e. The predicted octanol–water partition coefficient (Wildman–Crippen LogP) is 4.40. The maximum absolute atomic E-state index is 12.8. The molecule has 0 radical (unpaired) electrons. The number of carbonyl (C=O) groups is 1. The molecule has 3 heterocycles. The van der Waals surface area contributed by atoms with Gasteiger partial charge in [-0.1, -0.05) is 52.6 Å². The Bertz CT molecular complexity index is 1190. The second kappa shape index (κ2) is 12.4. The summed E-state index contributed by atoms with van der Waals surface area (Å²) in [5, 5.41) is 8.22. The van der Waals surface area contributed by atoms with Crippen molar-refractivity contribution in [2.45, 2.75) is 32.5 Å². The lowest BCUT2D eigenvalue weighted by molar-refractivity contribution is -0.126. The van der Waals surface area contributed by atoms with Crippen LogP contribution in [0.4, 0.5) is 0 Å². The summed E-state index contributed by atoms with van der Waals surface area (Å²) in [6, 6.07) is 13.7. The van der Waals surface area contributed by atoms with Crippen molar-refractivity contribution in [2.24, 2.45) is 5.92 Å². The molecule has 2 fully saturated rings. The first-order valence-electron chi connectivity index (χ1n) is 12.7. The summed E-state index contributed by atoms with van der Waals surface area (Å²) in [6.45, 7) is 7.20. The molecule has 196 valence electrons. The molecular formula is C27H31Cl2N5O3. The van der Waals surface area contributed by atoms with Crippen LogP contribution in [-0.4, -0.2) is 65.2 Å². The zero-order valence-electron chi connectivity index (χ0n) is 20.7. The molecule has 8 nitrogen and oxygen atoms in total. The van der Waals surface area contributed by atoms with Crippen molar-refractivity contribution < 1.29 is 14.1 Å². The molecule has 1 N–H and O–H groups in total. The minimum absolute atomic E-state index is 0.0166. The number of nitrogens with zero attached hydrogens (tertiary/aromatic N) is 4. The van der Waals surface area contributed by atoms with E-state index in [2.05, 4.69) is 49.5 Å². The lowest BCUT2D eigenvalue weighted by atomic mass is 9.96. The second-order valence-corrected chi connectivity index (χ2v) is 10.5. The number of likely N-dealkylation sites (tertiary alicyclic amines) is 1. The van der Waals surface area contributed by atoms with E-state index in [4.69, 9.17) is 32.5 Å². The highest BCUT2D eigenvalue weighted by Gasteiger charge is 2.26. The summed E-state index contributed by atoms with van der Waals surface area (Å²) in [6.07, 6.45) is 1.60. The van der Waals surface area contributed by atoms with Crippen LogP contribution >= 0.6 is 23.2 Å². The molecule has 0 saturated carbocycles. The van der Waals surface area contributed by atoms with Gasteiger partial charge >= 0.3 is 0 Å². The minimum atomic E-state index is 0.0166. The number of ether oxygens (including phenoxy) is 1. The number of halogens is 2. The van der Waals surface area contributed by atoms with Crippen LogP contribution in [-0.2, 0) is 29.2 Å². The first-order chi connectivity index (χ1) is 18.0. The number of benzene rings is 2. The fraction of sp³-hybridized carbons (Fsp3) is 0.444. The summed E-state index contributed by atoms with van der Waals surface area (Å²) >= 11 is 12.2. The first-order valence-corrected chi connectivity index (χ1v) is 13.4. The Balaban J connectivity index is 1.05. The van der Waals surface area contributed by atoms with Gasteiger partial charge in [0.2, 0.25) is 17.6 Å². The largest absolute Gasteiger partial charge is 0.379 e. The number of amides is 1. The topological polar surface area (TPSA) is 83.7 Å². The molecule has 5 rings (SSSR count). The van der Waals surface area contributed by atoms with Gasteiger partial charge in [-0.3, -0.25) is 14.6 Å². The molecular weight excluding hydrogens is 513 g/mol. The van der Waals surface area contributed by atoms with Crippen molar-refractivity contribution in [3.05, 3.63) is 69.5 Å². The van der Waals surface area contributed by atoms with Crippen molar-refractivity contribution in [3.63, 3.8) is 0 Å². The summed E-state index contributed by atoms with van der Waals surface area (Å²) < 4.78 is 10.9. The van der Waals surface area contributed by atoms with Crippen LogP contribution in [0.3, 0.4) is 0 Å². The molecule has 2 saturated heterocycles. The van der Waals surface area contributed by atoms with Crippen LogP contribution < -0.4 is 5.32 Å². The predicted molar refractivity (Wildman–Crippen MR) is 142 cm³/mol. The maximum atomic E-state index is 12.8. The van der Waals surface area contributed by atoms with Gasteiger partial charge in [0, 0.05) is 42.7 Å². The molecule has 2 aliphatic rings. The van der Waals surface area contributed by atoms with E-state index in [1.807, 2.05) is 0 Å². The van der Waals surface area contributed by atoms with Gasteiger partial charge in [0.25, 0.3) is 0 Å². The van der Waals surface area contributed by atoms with Crippen molar-refractivity contribution in [1.29, 1.82) is 0 Å². The number of aromatic nitrogens is 2. The van der Waals surface area contributed by atoms with Crippen LogP contribution in [0.25, 0.3) is 11.4 Å². The number of piperidine rings is 1. The van der Waals surface area contributed by atoms with Gasteiger partial charge in [-0.05, 0) is 55.3 Å². The SMILES string of the molecule is O=C(NCc1ccc(CN2CCOCC2)cc1)C1CCN(Cc2nc(-c3ccc(Cl)cc3Cl)no2)CC1. The van der Waals surface area contributed by atoms with Gasteiger partial charge in [-0.25, -0.2) is 0 Å². The van der Waals surface area contributed by atoms with Crippen LogP contribution in [0.15, 0.2) is 47.0 Å². The second-order valence-electron chi connectivity index (χ2n) is 9.61. The van der Waals surface area contributed by atoms with Crippen molar-refractivity contribution in [3.8, 4) is 11.4 Å². The van der Waals surface area contributed by atoms with Crippen molar-refractivity contribution in [1.82, 2.24) is 25.3 Å². The molecule has 0 unspecified atom stereocenters. The van der Waals surface area contributed by atoms with E-state index >= 15 is 0 Å². The lowest BCUT2D eigenvalue weighted by Crippen LogP contribution is -2.40. The molecule has 0 aliphatic carbocycles. The summed E-state index contributed by atoms with van der Waals surface area (Å²) in [4.78, 5) is 21.9. The Morgan fingerprint density at radius 3 is 2.38 bits per heavy atom. The van der Waals surface area contributed by atoms with Gasteiger partial charge in [-0.15, -0.1) is 0 Å². The van der Waals surface area contributed by atoms with Gasteiger partial charge < -0.3 is 14.6 Å². The Kier molecular flexibility index (Phi) is 8.74. The molecule has 37 heavy (non-hydrogen) atoms. The number of morpholine rings is 1. The highest BCUT2D eigenvalue weighted by Crippen LogP contribution is 2.29. The summed E-state index contributed by atoms with van der Waals surface area (Å²) in [7, 11) is 0. The van der Waals surface area contributed by atoms with E-state index in [0.29, 0.717) is 40.4 Å². The van der Waals surface area contributed by atoms with E-state index in [1.165, 1.54) is 5.56 Å². The Labute approximate surface area is 226 Å². The number of carbonyl (C=O) groups excluding carboxylic acids is 1. The molecule has 0 atom stereocenters. The van der Waals surface area contributed by atoms with Crippen molar-refractivity contribution in [2.75, 3.05) is 39.4 Å². The standard InChI is InChI=1S/C27H31Cl2N5O3/c28-22-5-6-23(24(29)15-22)26-31-25(37-32-26)18-33-9-7-21(8-10-33)27(35)30-16-19-1-3-20(4-2-19)17-34-11-13-36-14-12-34/h1-6,15,21H,7-14,16-18H2,(H,30,35). The number of nitrogens with one attached hydrogen (secondary N) is 1. The van der Waals surface area contributed by atoms with Crippen molar-refractivity contribution >= 4 is 29.1 Å². The molecule has 0 bridgehead atoms. The van der Waals surface area contributed by atoms with Crippen LogP contribution in [0, 0.1) is 5.92 Å². The Hall–Kier alpha value is -2.49. The summed E-state index contributed by atoms with van der Waals surface area (Å²) in [5.41, 5.74) is 3.08. The number of rotatable bonds is 8. The molecule has 1 aromatic heterocycles. The monoisotopic (exact) mass is 543 g/mol. The van der Waals surface area contributed by atoms with E-state index in [0.717, 1.165) is 64.3 Å². The zero-order valence-corrected chi connectivity index (χ0v) is 22.2.